The summed E-state index contributed by atoms with van der Waals surface area (Å²) in [5.74, 6) is 0.157. The minimum absolute atomic E-state index is 0.0357. The number of amides is 1. The number of phenolic OH excluding ortho intramolecular Hbond substituents is 1. The summed E-state index contributed by atoms with van der Waals surface area (Å²) in [6, 6.07) is 13.0. The van der Waals surface area contributed by atoms with E-state index in [2.05, 4.69) is 54.1 Å². The summed E-state index contributed by atoms with van der Waals surface area (Å²) in [5, 5.41) is 17.7. The average Bonchev–Trinajstić information content (AvgIpc) is 3.28. The number of benzene rings is 2. The van der Waals surface area contributed by atoms with Gasteiger partial charge in [0.05, 0.1) is 20.4 Å². The van der Waals surface area contributed by atoms with Crippen LogP contribution in [-0.4, -0.2) is 108 Å². The van der Waals surface area contributed by atoms with Gasteiger partial charge in [0.25, 0.3) is 5.91 Å². The van der Waals surface area contributed by atoms with Crippen molar-refractivity contribution in [2.75, 3.05) is 66.6 Å². The molecule has 262 valence electrons. The summed E-state index contributed by atoms with van der Waals surface area (Å²) in [6.07, 6.45) is 6.57. The summed E-state index contributed by atoms with van der Waals surface area (Å²) < 4.78 is 16.8. The first-order valence-electron chi connectivity index (χ1n) is 17.0. The zero-order chi connectivity index (χ0) is 34.3. The molecule has 2 aromatic carbocycles. The zero-order valence-corrected chi connectivity index (χ0v) is 30.7. The lowest BCUT2D eigenvalue weighted by Crippen LogP contribution is -2.41. The van der Waals surface area contributed by atoms with Gasteiger partial charge < -0.3 is 39.0 Å². The van der Waals surface area contributed by atoms with E-state index >= 15 is 0 Å². The first kappa shape index (κ1) is 38.3. The Kier molecular flexibility index (Phi) is 15.5. The van der Waals surface area contributed by atoms with Crippen LogP contribution < -0.4 is 14.8 Å². The van der Waals surface area contributed by atoms with Crippen molar-refractivity contribution < 1.29 is 28.6 Å². The minimum atomic E-state index is -1.77. The second-order valence-corrected chi connectivity index (χ2v) is 18.6. The predicted molar refractivity (Wildman–Crippen MR) is 192 cm³/mol. The number of nitrogens with one attached hydrogen (secondary N) is 1. The third kappa shape index (κ3) is 12.8. The van der Waals surface area contributed by atoms with Crippen LogP contribution in [0.15, 0.2) is 47.6 Å². The van der Waals surface area contributed by atoms with Gasteiger partial charge in [0, 0.05) is 38.3 Å². The third-order valence-electron chi connectivity index (χ3n) is 9.26. The van der Waals surface area contributed by atoms with Gasteiger partial charge in [-0.3, -0.25) is 4.79 Å². The standard InChI is InChI=1S/C36H58N4O6Si/c1-36(2,3)47(6,7)45-25-11-16-31(46-38-28-29-14-9-8-10-15-29)17-22-40-21-13-20-39(23-24-40)19-12-18-37-35(42)30-26-32(41)34(44-5)33(27-30)43-4/h8-10,14-15,26-28,31,41H,11-13,16-25H2,1-7H3,(H,37,42)/b38-28+. The lowest BCUT2D eigenvalue weighted by molar-refractivity contribution is 0.0360. The fraction of sp³-hybridized carbons (Fsp3) is 0.611. The number of phenols is 1. The molecule has 10 nitrogen and oxygen atoms in total. The van der Waals surface area contributed by atoms with Gasteiger partial charge in [0.15, 0.2) is 19.8 Å². The number of rotatable bonds is 18. The summed E-state index contributed by atoms with van der Waals surface area (Å²) in [6.45, 7) is 18.7. The fourth-order valence-electron chi connectivity index (χ4n) is 5.30. The second-order valence-electron chi connectivity index (χ2n) is 13.8. The van der Waals surface area contributed by atoms with Gasteiger partial charge in [0.1, 0.15) is 6.10 Å². The number of ether oxygens (including phenoxy) is 2. The van der Waals surface area contributed by atoms with Crippen molar-refractivity contribution >= 4 is 20.4 Å². The van der Waals surface area contributed by atoms with Crippen LogP contribution in [0, 0.1) is 0 Å². The van der Waals surface area contributed by atoms with E-state index in [0.29, 0.717) is 17.9 Å². The fourth-order valence-corrected chi connectivity index (χ4v) is 6.39. The lowest BCUT2D eigenvalue weighted by atomic mass is 10.1. The van der Waals surface area contributed by atoms with Crippen LogP contribution in [0.2, 0.25) is 18.1 Å². The molecule has 2 aromatic rings. The smallest absolute Gasteiger partial charge is 0.251 e. The van der Waals surface area contributed by atoms with Crippen molar-refractivity contribution in [3.8, 4) is 17.2 Å². The quantitative estimate of drug-likeness (QED) is 0.0843. The summed E-state index contributed by atoms with van der Waals surface area (Å²) in [7, 11) is 1.15. The van der Waals surface area contributed by atoms with E-state index in [1.165, 1.54) is 20.3 Å². The molecule has 1 aliphatic heterocycles. The third-order valence-corrected chi connectivity index (χ3v) is 13.8. The highest BCUT2D eigenvalue weighted by atomic mass is 28.4. The molecule has 1 unspecified atom stereocenters. The molecular formula is C36H58N4O6Si. The van der Waals surface area contributed by atoms with Crippen molar-refractivity contribution in [3.63, 3.8) is 0 Å². The number of hydrogen-bond donors (Lipinski definition) is 2. The van der Waals surface area contributed by atoms with E-state index in [0.717, 1.165) is 83.5 Å². The normalized spacial score (nSPS) is 15.7. The Morgan fingerprint density at radius 3 is 2.36 bits per heavy atom. The van der Waals surface area contributed by atoms with E-state index in [4.69, 9.17) is 18.7 Å². The van der Waals surface area contributed by atoms with Gasteiger partial charge in [-0.15, -0.1) is 0 Å². The maximum atomic E-state index is 12.7. The highest BCUT2D eigenvalue weighted by Crippen LogP contribution is 2.38. The van der Waals surface area contributed by atoms with Crippen molar-refractivity contribution in [1.82, 2.24) is 15.1 Å². The van der Waals surface area contributed by atoms with Crippen molar-refractivity contribution in [3.05, 3.63) is 53.6 Å². The largest absolute Gasteiger partial charge is 0.504 e. The minimum Gasteiger partial charge on any atom is -0.504 e. The molecule has 2 N–H and O–H groups in total. The Balaban J connectivity index is 1.42. The highest BCUT2D eigenvalue weighted by molar-refractivity contribution is 6.74. The molecule has 0 saturated carbocycles. The summed E-state index contributed by atoms with van der Waals surface area (Å²) >= 11 is 0. The molecule has 0 aromatic heterocycles. The number of hydrogen-bond acceptors (Lipinski definition) is 9. The van der Waals surface area contributed by atoms with Crippen LogP contribution in [0.25, 0.3) is 0 Å². The summed E-state index contributed by atoms with van der Waals surface area (Å²) in [5.41, 5.74) is 1.36. The summed E-state index contributed by atoms with van der Waals surface area (Å²) in [4.78, 5) is 23.8. The van der Waals surface area contributed by atoms with E-state index in [-0.39, 0.29) is 28.5 Å². The van der Waals surface area contributed by atoms with Gasteiger partial charge in [0.2, 0.25) is 5.75 Å². The van der Waals surface area contributed by atoms with Gasteiger partial charge in [-0.05, 0) is 87.6 Å². The van der Waals surface area contributed by atoms with Crippen LogP contribution in [0.3, 0.4) is 0 Å². The first-order chi connectivity index (χ1) is 22.4. The molecule has 3 rings (SSSR count). The molecule has 47 heavy (non-hydrogen) atoms. The predicted octanol–water partition coefficient (Wildman–Crippen LogP) is 6.15. The highest BCUT2D eigenvalue weighted by Gasteiger charge is 2.36. The molecule has 0 radical (unpaired) electrons. The number of aromatic hydroxyl groups is 1. The van der Waals surface area contributed by atoms with E-state index in [1.54, 1.807) is 12.3 Å². The number of carbonyl (C=O) groups is 1. The maximum absolute atomic E-state index is 12.7. The number of methoxy groups -OCH3 is 2. The molecule has 0 bridgehead atoms. The van der Waals surface area contributed by atoms with Crippen molar-refractivity contribution in [2.24, 2.45) is 5.16 Å². The number of nitrogens with zero attached hydrogens (tertiary/aromatic N) is 3. The van der Waals surface area contributed by atoms with E-state index < -0.39 is 8.32 Å². The second kappa shape index (κ2) is 19.0. The van der Waals surface area contributed by atoms with Crippen LogP contribution >= 0.6 is 0 Å². The molecule has 1 amide bonds. The Morgan fingerprint density at radius 1 is 1.00 bits per heavy atom. The molecule has 0 spiro atoms. The molecule has 1 heterocycles. The van der Waals surface area contributed by atoms with Gasteiger partial charge in [-0.25, -0.2) is 0 Å². The maximum Gasteiger partial charge on any atom is 0.251 e. The first-order valence-corrected chi connectivity index (χ1v) is 19.9. The van der Waals surface area contributed by atoms with Crippen LogP contribution in [0.1, 0.15) is 68.8 Å². The average molecular weight is 671 g/mol. The van der Waals surface area contributed by atoms with Gasteiger partial charge in [-0.2, -0.15) is 0 Å². The van der Waals surface area contributed by atoms with Crippen molar-refractivity contribution in [1.29, 1.82) is 0 Å². The molecule has 1 atom stereocenters. The molecule has 11 heteroatoms. The topological polar surface area (TPSA) is 105 Å². The zero-order valence-electron chi connectivity index (χ0n) is 29.7. The Bertz CT molecular complexity index is 1250. The molecule has 1 fully saturated rings. The molecular weight excluding hydrogens is 613 g/mol. The van der Waals surface area contributed by atoms with E-state index in [1.807, 2.05) is 30.3 Å². The Labute approximate surface area is 283 Å². The van der Waals surface area contributed by atoms with Crippen LogP contribution in [-0.2, 0) is 9.26 Å². The van der Waals surface area contributed by atoms with Gasteiger partial charge >= 0.3 is 0 Å². The number of oxime groups is 1. The Morgan fingerprint density at radius 2 is 1.70 bits per heavy atom. The van der Waals surface area contributed by atoms with Crippen LogP contribution in [0.5, 0.6) is 17.2 Å². The van der Waals surface area contributed by atoms with E-state index in [9.17, 15) is 9.90 Å². The molecule has 1 aliphatic rings. The van der Waals surface area contributed by atoms with Crippen LogP contribution in [0.4, 0.5) is 0 Å². The lowest BCUT2D eigenvalue weighted by Gasteiger charge is -2.36. The van der Waals surface area contributed by atoms with Gasteiger partial charge in [-0.1, -0.05) is 56.3 Å². The monoisotopic (exact) mass is 670 g/mol. The van der Waals surface area contributed by atoms with Crippen molar-refractivity contribution in [2.45, 2.75) is 77.1 Å². The number of carbonyl (C=O) groups excluding carboxylic acids is 1. The SMILES string of the molecule is COc1cc(C(=O)NCCCN2CCCN(CCC(CCCO[Si](C)(C)C(C)(C)C)O/N=C/c3ccccc3)CC2)cc(O)c1OC. The molecule has 1 saturated heterocycles. The molecule has 0 aliphatic carbocycles. The Hall–Kier alpha value is -3.12.